The van der Waals surface area contributed by atoms with E-state index in [1.165, 1.54) is 12.1 Å². The van der Waals surface area contributed by atoms with Crippen LogP contribution in [0.2, 0.25) is 10.0 Å². The first-order valence-electron chi connectivity index (χ1n) is 12.1. The third-order valence-corrected chi connectivity index (χ3v) is 7.60. The molecule has 0 amide bonds. The highest BCUT2D eigenvalue weighted by Crippen LogP contribution is 2.35. The summed E-state index contributed by atoms with van der Waals surface area (Å²) in [4.78, 5) is 11.0. The Balaban J connectivity index is 1.24. The molecule has 0 saturated carbocycles. The molecule has 10 heteroatoms. The molecule has 0 unspecified atom stereocenters. The Morgan fingerprint density at radius 2 is 1.73 bits per heavy atom. The van der Waals surface area contributed by atoms with Crippen molar-refractivity contribution in [3.05, 3.63) is 128 Å². The number of aromatic carboxylic acids is 1. The lowest BCUT2D eigenvalue weighted by atomic mass is 10.2. The third-order valence-electron chi connectivity index (χ3n) is 5.76. The van der Waals surface area contributed by atoms with Crippen LogP contribution in [0.5, 0.6) is 11.5 Å². The number of hydrogen-bond acceptors (Lipinski definition) is 7. The van der Waals surface area contributed by atoms with Crippen LogP contribution in [0.15, 0.2) is 111 Å². The van der Waals surface area contributed by atoms with Crippen LogP contribution in [0, 0.1) is 0 Å². The summed E-state index contributed by atoms with van der Waals surface area (Å²) in [7, 11) is 1.90. The molecule has 1 N–H and O–H groups in total. The van der Waals surface area contributed by atoms with E-state index in [9.17, 15) is 4.79 Å². The van der Waals surface area contributed by atoms with Gasteiger partial charge in [0.2, 0.25) is 0 Å². The number of carboxylic acids is 1. The maximum atomic E-state index is 11.0. The molecular weight excluding hydrogens is 567 g/mol. The standard InChI is InChI=1S/C30H22Cl2N4O3S/c1-36-28(16-19-8-13-26(31)27(32)15-19)40-29(35-36)22-5-3-7-25(17-22)39-24-6-2-4-20(14-24)18-33-34-23-11-9-21(10-12-23)30(37)38/h2-17H,18H2,1H3,(H,37,38). The van der Waals surface area contributed by atoms with Gasteiger partial charge in [0.25, 0.3) is 0 Å². The minimum absolute atomic E-state index is 0.207. The van der Waals surface area contributed by atoms with E-state index in [2.05, 4.69) is 15.3 Å². The monoisotopic (exact) mass is 588 g/mol. The lowest BCUT2D eigenvalue weighted by Gasteiger charge is -2.08. The zero-order valence-electron chi connectivity index (χ0n) is 21.2. The Bertz CT molecular complexity index is 1660. The molecule has 0 saturated heterocycles. The van der Waals surface area contributed by atoms with E-state index in [1.54, 1.807) is 30.0 Å². The quantitative estimate of drug-likeness (QED) is 0.207. The van der Waals surface area contributed by atoms with Crippen molar-refractivity contribution in [1.29, 1.82) is 0 Å². The van der Waals surface area contributed by atoms with Gasteiger partial charge in [0.1, 0.15) is 16.5 Å². The number of benzene rings is 4. The Morgan fingerprint density at radius 3 is 2.48 bits per heavy atom. The zero-order valence-corrected chi connectivity index (χ0v) is 23.5. The van der Waals surface area contributed by atoms with Gasteiger partial charge in [-0.1, -0.05) is 53.5 Å². The van der Waals surface area contributed by atoms with Crippen LogP contribution < -0.4 is 4.74 Å². The van der Waals surface area contributed by atoms with Crippen LogP contribution in [0.1, 0.15) is 27.0 Å². The summed E-state index contributed by atoms with van der Waals surface area (Å²) in [6.45, 7) is 0.353. The molecular formula is C30H22Cl2N4O3S. The normalized spacial score (nSPS) is 14.1. The molecule has 0 radical (unpaired) electrons. The lowest BCUT2D eigenvalue weighted by Crippen LogP contribution is -2.02. The number of hydrazone groups is 1. The topological polar surface area (TPSA) is 86.9 Å². The smallest absolute Gasteiger partial charge is 0.335 e. The summed E-state index contributed by atoms with van der Waals surface area (Å²) in [6, 6.07) is 27.2. The summed E-state index contributed by atoms with van der Waals surface area (Å²) in [5.74, 6) is 0.381. The highest BCUT2D eigenvalue weighted by molar-refractivity contribution is 8.18. The highest BCUT2D eigenvalue weighted by Gasteiger charge is 2.20. The van der Waals surface area contributed by atoms with E-state index in [1.807, 2.05) is 78.8 Å². The number of carboxylic acid groups (broad SMARTS) is 1. The number of rotatable bonds is 8. The number of thioether (sulfide) groups is 1. The van der Waals surface area contributed by atoms with Crippen molar-refractivity contribution in [3.8, 4) is 11.5 Å². The number of azo groups is 1. The second-order valence-electron chi connectivity index (χ2n) is 8.72. The SMILES string of the molecule is CN1N=C(c2cccc(Oc3cccc(CN=Nc4ccc(C(=O)O)cc4)c3)c2)SC1=Cc1ccc(Cl)c(Cl)c1. The van der Waals surface area contributed by atoms with E-state index >= 15 is 0 Å². The van der Waals surface area contributed by atoms with E-state index in [0.717, 1.165) is 26.8 Å². The van der Waals surface area contributed by atoms with Gasteiger partial charge in [0.15, 0.2) is 0 Å². The molecule has 5 rings (SSSR count). The maximum absolute atomic E-state index is 11.0. The fourth-order valence-corrected chi connectivity index (χ4v) is 5.04. The van der Waals surface area contributed by atoms with Crippen LogP contribution in [-0.4, -0.2) is 28.2 Å². The largest absolute Gasteiger partial charge is 0.478 e. The fraction of sp³-hybridized carbons (Fsp3) is 0.0667. The number of halogens is 2. The van der Waals surface area contributed by atoms with E-state index < -0.39 is 5.97 Å². The van der Waals surface area contributed by atoms with Crippen molar-refractivity contribution >= 4 is 57.7 Å². The second-order valence-corrected chi connectivity index (χ2v) is 10.5. The van der Waals surface area contributed by atoms with Gasteiger partial charge in [0.05, 0.1) is 32.9 Å². The molecule has 0 fully saturated rings. The van der Waals surface area contributed by atoms with E-state index in [0.29, 0.717) is 33.8 Å². The number of ether oxygens (including phenoxy) is 1. The molecule has 1 aliphatic rings. The Kier molecular flexibility index (Phi) is 8.50. The molecule has 4 aromatic carbocycles. The summed E-state index contributed by atoms with van der Waals surface area (Å²) < 4.78 is 6.15. The highest BCUT2D eigenvalue weighted by atomic mass is 35.5. The van der Waals surface area contributed by atoms with E-state index in [4.69, 9.17) is 33.0 Å². The molecule has 7 nitrogen and oxygen atoms in total. The van der Waals surface area contributed by atoms with Crippen LogP contribution in [0.3, 0.4) is 0 Å². The Labute approximate surface area is 245 Å². The predicted molar refractivity (Wildman–Crippen MR) is 161 cm³/mol. The summed E-state index contributed by atoms with van der Waals surface area (Å²) in [6.07, 6.45) is 2.01. The van der Waals surface area contributed by atoms with Gasteiger partial charge in [-0.2, -0.15) is 15.3 Å². The summed E-state index contributed by atoms with van der Waals surface area (Å²) in [5, 5.41) is 26.8. The average Bonchev–Trinajstić information content (AvgIpc) is 3.31. The lowest BCUT2D eigenvalue weighted by molar-refractivity contribution is 0.0697. The van der Waals surface area contributed by atoms with Crippen molar-refractivity contribution in [1.82, 2.24) is 5.01 Å². The fourth-order valence-electron chi connectivity index (χ4n) is 3.76. The van der Waals surface area contributed by atoms with Crippen molar-refractivity contribution in [2.75, 3.05) is 7.05 Å². The minimum Gasteiger partial charge on any atom is -0.478 e. The molecule has 0 bridgehead atoms. The summed E-state index contributed by atoms with van der Waals surface area (Å²) in [5.41, 5.74) is 3.59. The molecule has 4 aromatic rings. The van der Waals surface area contributed by atoms with Crippen molar-refractivity contribution in [2.24, 2.45) is 15.3 Å². The molecule has 0 aromatic heterocycles. The first-order valence-corrected chi connectivity index (χ1v) is 13.7. The van der Waals surface area contributed by atoms with Crippen LogP contribution in [0.25, 0.3) is 6.08 Å². The molecule has 40 heavy (non-hydrogen) atoms. The zero-order chi connectivity index (χ0) is 28.1. The van der Waals surface area contributed by atoms with Crippen molar-refractivity contribution in [3.63, 3.8) is 0 Å². The molecule has 200 valence electrons. The first kappa shape index (κ1) is 27.5. The van der Waals surface area contributed by atoms with Gasteiger partial charge in [-0.15, -0.1) is 0 Å². The average molecular weight is 590 g/mol. The van der Waals surface area contributed by atoms with Crippen LogP contribution >= 0.6 is 35.0 Å². The number of carbonyl (C=O) groups is 1. The van der Waals surface area contributed by atoms with Crippen molar-refractivity contribution < 1.29 is 14.6 Å². The van der Waals surface area contributed by atoms with Gasteiger partial charge in [-0.3, -0.25) is 5.01 Å². The molecule has 0 aliphatic carbocycles. The minimum atomic E-state index is -0.977. The first-order chi connectivity index (χ1) is 19.3. The molecule has 1 aliphatic heterocycles. The number of nitrogens with zero attached hydrogens (tertiary/aromatic N) is 4. The Hall–Kier alpha value is -4.11. The molecule has 1 heterocycles. The van der Waals surface area contributed by atoms with Crippen LogP contribution in [0.4, 0.5) is 5.69 Å². The number of hydrogen-bond donors (Lipinski definition) is 1. The van der Waals surface area contributed by atoms with E-state index in [-0.39, 0.29) is 5.56 Å². The third kappa shape index (κ3) is 6.90. The molecule has 0 atom stereocenters. The summed E-state index contributed by atoms with van der Waals surface area (Å²) >= 11 is 13.8. The maximum Gasteiger partial charge on any atom is 0.335 e. The molecule has 0 spiro atoms. The van der Waals surface area contributed by atoms with Crippen molar-refractivity contribution in [2.45, 2.75) is 6.54 Å². The van der Waals surface area contributed by atoms with Gasteiger partial charge >= 0.3 is 5.97 Å². The second kappa shape index (κ2) is 12.4. The Morgan fingerprint density at radius 1 is 0.975 bits per heavy atom. The predicted octanol–water partition coefficient (Wildman–Crippen LogP) is 9.11. The van der Waals surface area contributed by atoms with Crippen LogP contribution in [-0.2, 0) is 6.54 Å². The van der Waals surface area contributed by atoms with Gasteiger partial charge in [-0.25, -0.2) is 4.79 Å². The van der Waals surface area contributed by atoms with Gasteiger partial charge in [-0.05, 0) is 89.6 Å². The van der Waals surface area contributed by atoms with Gasteiger partial charge < -0.3 is 9.84 Å². The van der Waals surface area contributed by atoms with Gasteiger partial charge in [0, 0.05) is 12.6 Å².